The van der Waals surface area contributed by atoms with Crippen LogP contribution in [0.4, 0.5) is 0 Å². The SMILES string of the molecule is CC(C)c1scc2c(=O)[nH]cnc12. The smallest absolute Gasteiger partial charge is 0.259 e. The maximum absolute atomic E-state index is 11.3. The normalized spacial score (nSPS) is 11.3. The van der Waals surface area contributed by atoms with Gasteiger partial charge in [0.15, 0.2) is 0 Å². The Kier molecular flexibility index (Phi) is 1.92. The van der Waals surface area contributed by atoms with Crippen LogP contribution in [0.3, 0.4) is 0 Å². The third-order valence-corrected chi connectivity index (χ3v) is 3.22. The number of nitrogens with one attached hydrogen (secondary N) is 1. The minimum absolute atomic E-state index is 0.0480. The van der Waals surface area contributed by atoms with Gasteiger partial charge in [-0.15, -0.1) is 11.3 Å². The summed E-state index contributed by atoms with van der Waals surface area (Å²) < 4.78 is 0. The molecule has 1 N–H and O–H groups in total. The maximum atomic E-state index is 11.3. The maximum Gasteiger partial charge on any atom is 0.259 e. The van der Waals surface area contributed by atoms with Gasteiger partial charge in [0.2, 0.25) is 0 Å². The molecule has 2 aromatic heterocycles. The number of H-pyrrole nitrogens is 1. The highest BCUT2D eigenvalue weighted by atomic mass is 32.1. The molecule has 3 nitrogen and oxygen atoms in total. The van der Waals surface area contributed by atoms with Gasteiger partial charge in [-0.3, -0.25) is 4.79 Å². The molecule has 0 amide bonds. The van der Waals surface area contributed by atoms with E-state index in [-0.39, 0.29) is 5.56 Å². The van der Waals surface area contributed by atoms with Crippen LogP contribution in [0.15, 0.2) is 16.5 Å². The van der Waals surface area contributed by atoms with Crippen LogP contribution >= 0.6 is 11.3 Å². The molecule has 0 aliphatic carbocycles. The number of aromatic amines is 1. The lowest BCUT2D eigenvalue weighted by atomic mass is 10.1. The zero-order valence-electron chi connectivity index (χ0n) is 7.50. The van der Waals surface area contributed by atoms with Gasteiger partial charge in [-0.2, -0.15) is 0 Å². The molecule has 13 heavy (non-hydrogen) atoms. The van der Waals surface area contributed by atoms with Gasteiger partial charge in [-0.05, 0) is 5.92 Å². The fraction of sp³-hybridized carbons (Fsp3) is 0.333. The summed E-state index contributed by atoms with van der Waals surface area (Å²) in [5, 5.41) is 2.58. The highest BCUT2D eigenvalue weighted by molar-refractivity contribution is 7.11. The van der Waals surface area contributed by atoms with Crippen LogP contribution in [0.2, 0.25) is 0 Å². The molecule has 0 saturated carbocycles. The molecule has 4 heteroatoms. The summed E-state index contributed by atoms with van der Waals surface area (Å²) in [6, 6.07) is 0. The van der Waals surface area contributed by atoms with Crippen LogP contribution in [-0.2, 0) is 0 Å². The number of fused-ring (bicyclic) bond motifs is 1. The molecule has 2 rings (SSSR count). The molecule has 0 fully saturated rings. The molecule has 2 aromatic rings. The quantitative estimate of drug-likeness (QED) is 0.755. The first-order chi connectivity index (χ1) is 6.20. The number of nitrogens with zero attached hydrogens (tertiary/aromatic N) is 1. The predicted octanol–water partition coefficient (Wildman–Crippen LogP) is 2.11. The van der Waals surface area contributed by atoms with Gasteiger partial charge in [-0.1, -0.05) is 13.8 Å². The minimum Gasteiger partial charge on any atom is -0.313 e. The van der Waals surface area contributed by atoms with Crippen molar-refractivity contribution in [3.8, 4) is 0 Å². The first-order valence-electron chi connectivity index (χ1n) is 4.15. The van der Waals surface area contributed by atoms with Crippen molar-refractivity contribution in [2.24, 2.45) is 0 Å². The van der Waals surface area contributed by atoms with E-state index in [0.29, 0.717) is 11.3 Å². The Hall–Kier alpha value is -1.16. The van der Waals surface area contributed by atoms with E-state index >= 15 is 0 Å². The third kappa shape index (κ3) is 1.27. The molecular formula is C9H10N2OS. The van der Waals surface area contributed by atoms with Crippen LogP contribution in [0, 0.1) is 0 Å². The lowest BCUT2D eigenvalue weighted by molar-refractivity contribution is 0.893. The van der Waals surface area contributed by atoms with Crippen molar-refractivity contribution in [1.82, 2.24) is 9.97 Å². The molecule has 0 aromatic carbocycles. The summed E-state index contributed by atoms with van der Waals surface area (Å²) in [6.07, 6.45) is 1.46. The summed E-state index contributed by atoms with van der Waals surface area (Å²) in [5.74, 6) is 0.428. The molecule has 0 aliphatic heterocycles. The van der Waals surface area contributed by atoms with Crippen molar-refractivity contribution in [2.45, 2.75) is 19.8 Å². The lowest BCUT2D eigenvalue weighted by Gasteiger charge is -1.99. The van der Waals surface area contributed by atoms with Crippen molar-refractivity contribution < 1.29 is 0 Å². The first-order valence-corrected chi connectivity index (χ1v) is 5.03. The first kappa shape index (κ1) is 8.44. The van der Waals surface area contributed by atoms with E-state index < -0.39 is 0 Å². The molecule has 68 valence electrons. The Morgan fingerprint density at radius 1 is 1.54 bits per heavy atom. The monoisotopic (exact) mass is 194 g/mol. The minimum atomic E-state index is -0.0480. The molecule has 0 aliphatic rings. The van der Waals surface area contributed by atoms with E-state index in [1.807, 2.05) is 5.38 Å². The van der Waals surface area contributed by atoms with Crippen molar-refractivity contribution >= 4 is 22.2 Å². The predicted molar refractivity (Wildman–Crippen MR) is 54.3 cm³/mol. The molecule has 0 unspecified atom stereocenters. The number of hydrogen-bond acceptors (Lipinski definition) is 3. The molecule has 0 bridgehead atoms. The Morgan fingerprint density at radius 3 is 3.00 bits per heavy atom. The summed E-state index contributed by atoms with van der Waals surface area (Å²) >= 11 is 1.60. The number of rotatable bonds is 1. The van der Waals surface area contributed by atoms with Gasteiger partial charge < -0.3 is 4.98 Å². The average Bonchev–Trinajstić information content (AvgIpc) is 2.48. The van der Waals surface area contributed by atoms with E-state index in [2.05, 4.69) is 23.8 Å². The highest BCUT2D eigenvalue weighted by Gasteiger charge is 2.10. The third-order valence-electron chi connectivity index (χ3n) is 1.95. The summed E-state index contributed by atoms with van der Waals surface area (Å²) in [5.41, 5.74) is 0.803. The van der Waals surface area contributed by atoms with Crippen molar-refractivity contribution in [2.75, 3.05) is 0 Å². The van der Waals surface area contributed by atoms with Crippen molar-refractivity contribution in [3.63, 3.8) is 0 Å². The summed E-state index contributed by atoms with van der Waals surface area (Å²) in [7, 11) is 0. The standard InChI is InChI=1S/C9H10N2OS/c1-5(2)8-7-6(3-13-8)9(12)11-4-10-7/h3-5H,1-2H3,(H,10,11,12). The van der Waals surface area contributed by atoms with E-state index in [0.717, 1.165) is 5.52 Å². The lowest BCUT2D eigenvalue weighted by Crippen LogP contribution is -2.04. The number of aromatic nitrogens is 2. The van der Waals surface area contributed by atoms with Crippen LogP contribution in [-0.4, -0.2) is 9.97 Å². The van der Waals surface area contributed by atoms with E-state index in [1.54, 1.807) is 11.3 Å². The van der Waals surface area contributed by atoms with Gasteiger partial charge in [0.05, 0.1) is 17.2 Å². The molecule has 2 heterocycles. The fourth-order valence-corrected chi connectivity index (χ4v) is 2.31. The molecular weight excluding hydrogens is 184 g/mol. The van der Waals surface area contributed by atoms with E-state index in [1.165, 1.54) is 11.2 Å². The number of thiophene rings is 1. The van der Waals surface area contributed by atoms with Crippen LogP contribution in [0.5, 0.6) is 0 Å². The van der Waals surface area contributed by atoms with Gasteiger partial charge in [-0.25, -0.2) is 4.98 Å². The molecule has 0 radical (unpaired) electrons. The number of hydrogen-bond donors (Lipinski definition) is 1. The van der Waals surface area contributed by atoms with Gasteiger partial charge in [0, 0.05) is 10.3 Å². The largest absolute Gasteiger partial charge is 0.313 e. The second-order valence-corrected chi connectivity index (χ2v) is 4.16. The Bertz CT molecular complexity index is 484. The van der Waals surface area contributed by atoms with Crippen molar-refractivity contribution in [3.05, 3.63) is 26.9 Å². The summed E-state index contributed by atoms with van der Waals surface area (Å²) in [6.45, 7) is 4.21. The van der Waals surface area contributed by atoms with Gasteiger partial charge in [0.1, 0.15) is 0 Å². The molecule has 0 spiro atoms. The Labute approximate surface area is 79.4 Å². The Morgan fingerprint density at radius 2 is 2.31 bits per heavy atom. The summed E-state index contributed by atoms with van der Waals surface area (Å²) in [4.78, 5) is 19.3. The fourth-order valence-electron chi connectivity index (χ4n) is 1.30. The zero-order chi connectivity index (χ0) is 9.42. The van der Waals surface area contributed by atoms with Gasteiger partial charge >= 0.3 is 0 Å². The topological polar surface area (TPSA) is 45.8 Å². The molecule has 0 atom stereocenters. The van der Waals surface area contributed by atoms with Crippen LogP contribution < -0.4 is 5.56 Å². The van der Waals surface area contributed by atoms with E-state index in [9.17, 15) is 4.79 Å². The molecule has 0 saturated heterocycles. The van der Waals surface area contributed by atoms with E-state index in [4.69, 9.17) is 0 Å². The highest BCUT2D eigenvalue weighted by Crippen LogP contribution is 2.27. The second kappa shape index (κ2) is 2.96. The van der Waals surface area contributed by atoms with Crippen LogP contribution in [0.25, 0.3) is 10.9 Å². The van der Waals surface area contributed by atoms with Crippen molar-refractivity contribution in [1.29, 1.82) is 0 Å². The van der Waals surface area contributed by atoms with Gasteiger partial charge in [0.25, 0.3) is 5.56 Å². The zero-order valence-corrected chi connectivity index (χ0v) is 8.31. The van der Waals surface area contributed by atoms with Crippen LogP contribution in [0.1, 0.15) is 24.6 Å². The average molecular weight is 194 g/mol. The second-order valence-electron chi connectivity index (χ2n) is 3.25. The Balaban J connectivity index is 2.83.